The van der Waals surface area contributed by atoms with Gasteiger partial charge in [0.05, 0.1) is 12.0 Å². The SMILES string of the molecule is N[C@@H](Cc1cn(C(c2ccccc2)(c2ccccc2)c2ccccc2)cn1)C(=O)OC(=O)OCC1c2ccccc2-c2ccccc21. The van der Waals surface area contributed by atoms with Crippen LogP contribution in [0.4, 0.5) is 4.79 Å². The molecule has 0 saturated carbocycles. The second-order valence-electron chi connectivity index (χ2n) is 11.6. The molecule has 0 amide bonds. The van der Waals surface area contributed by atoms with E-state index in [9.17, 15) is 9.59 Å². The first kappa shape index (κ1) is 29.9. The Morgan fingerprint density at radius 1 is 0.702 bits per heavy atom. The van der Waals surface area contributed by atoms with Crippen molar-refractivity contribution >= 4 is 12.1 Å². The van der Waals surface area contributed by atoms with Crippen LogP contribution in [0.3, 0.4) is 0 Å². The first-order valence-corrected chi connectivity index (χ1v) is 15.6. The molecule has 0 bridgehead atoms. The molecule has 1 aromatic heterocycles. The molecule has 7 heteroatoms. The molecule has 0 unspecified atom stereocenters. The Kier molecular flexibility index (Phi) is 8.21. The predicted octanol–water partition coefficient (Wildman–Crippen LogP) is 7.09. The smallest absolute Gasteiger partial charge is 0.433 e. The summed E-state index contributed by atoms with van der Waals surface area (Å²) in [6, 6.07) is 45.6. The van der Waals surface area contributed by atoms with Gasteiger partial charge in [-0.25, -0.2) is 14.6 Å². The van der Waals surface area contributed by atoms with Crippen molar-refractivity contribution in [2.24, 2.45) is 5.73 Å². The zero-order valence-electron chi connectivity index (χ0n) is 25.6. The normalized spacial score (nSPS) is 13.0. The van der Waals surface area contributed by atoms with E-state index in [1.54, 1.807) is 6.33 Å². The van der Waals surface area contributed by atoms with E-state index < -0.39 is 23.7 Å². The molecule has 7 nitrogen and oxygen atoms in total. The maximum absolute atomic E-state index is 12.9. The van der Waals surface area contributed by atoms with Crippen LogP contribution in [0.5, 0.6) is 0 Å². The third-order valence-electron chi connectivity index (χ3n) is 8.84. The molecule has 1 atom stereocenters. The van der Waals surface area contributed by atoms with Crippen LogP contribution in [-0.2, 0) is 26.2 Å². The number of carbonyl (C=O) groups is 2. The van der Waals surface area contributed by atoms with Crippen LogP contribution in [0.25, 0.3) is 11.1 Å². The molecule has 1 aliphatic carbocycles. The third kappa shape index (κ3) is 5.62. The molecule has 232 valence electrons. The van der Waals surface area contributed by atoms with E-state index in [2.05, 4.69) is 53.5 Å². The van der Waals surface area contributed by atoms with Crippen molar-refractivity contribution in [3.63, 3.8) is 0 Å². The number of aromatic nitrogens is 2. The zero-order chi connectivity index (χ0) is 32.2. The van der Waals surface area contributed by atoms with Gasteiger partial charge in [-0.15, -0.1) is 0 Å². The fourth-order valence-electron chi connectivity index (χ4n) is 6.72. The largest absolute Gasteiger partial charge is 0.516 e. The highest BCUT2D eigenvalue weighted by atomic mass is 16.7. The van der Waals surface area contributed by atoms with Crippen LogP contribution in [0.15, 0.2) is 152 Å². The van der Waals surface area contributed by atoms with E-state index in [-0.39, 0.29) is 18.9 Å². The van der Waals surface area contributed by atoms with E-state index in [1.807, 2.05) is 102 Å². The van der Waals surface area contributed by atoms with E-state index in [4.69, 9.17) is 15.2 Å². The fraction of sp³-hybridized carbons (Fsp3) is 0.125. The third-order valence-corrected chi connectivity index (χ3v) is 8.84. The maximum atomic E-state index is 12.9. The summed E-state index contributed by atoms with van der Waals surface area (Å²) < 4.78 is 12.5. The molecule has 1 aliphatic rings. The summed E-state index contributed by atoms with van der Waals surface area (Å²) >= 11 is 0. The Labute approximate surface area is 273 Å². The van der Waals surface area contributed by atoms with Gasteiger partial charge in [0.25, 0.3) is 0 Å². The molecule has 1 heterocycles. The molecule has 6 aromatic rings. The van der Waals surface area contributed by atoms with Crippen molar-refractivity contribution in [3.05, 3.63) is 186 Å². The van der Waals surface area contributed by atoms with E-state index in [0.29, 0.717) is 5.69 Å². The lowest BCUT2D eigenvalue weighted by Crippen LogP contribution is -2.37. The number of fused-ring (bicyclic) bond motifs is 3. The average Bonchev–Trinajstić information content (AvgIpc) is 3.72. The van der Waals surface area contributed by atoms with Gasteiger partial charge in [0.2, 0.25) is 0 Å². The molecule has 0 aliphatic heterocycles. The lowest BCUT2D eigenvalue weighted by Gasteiger charge is -2.37. The van der Waals surface area contributed by atoms with Crippen molar-refractivity contribution in [3.8, 4) is 11.1 Å². The van der Waals surface area contributed by atoms with E-state index in [1.165, 1.54) is 0 Å². The second kappa shape index (κ2) is 12.9. The minimum atomic E-state index is -1.13. The summed E-state index contributed by atoms with van der Waals surface area (Å²) in [5.74, 6) is -1.03. The molecule has 0 radical (unpaired) electrons. The van der Waals surface area contributed by atoms with Gasteiger partial charge in [-0.05, 0) is 38.9 Å². The minimum Gasteiger partial charge on any atom is -0.433 e. The molecule has 5 aromatic carbocycles. The highest BCUT2D eigenvalue weighted by Gasteiger charge is 2.38. The Balaban J connectivity index is 1.08. The molecular weight excluding hydrogens is 586 g/mol. The number of esters is 1. The van der Waals surface area contributed by atoms with Crippen LogP contribution in [-0.4, -0.2) is 34.3 Å². The lowest BCUT2D eigenvalue weighted by molar-refractivity contribution is -0.141. The molecule has 0 fully saturated rings. The van der Waals surface area contributed by atoms with Gasteiger partial charge in [-0.2, -0.15) is 0 Å². The summed E-state index contributed by atoms with van der Waals surface area (Å²) in [5, 5.41) is 0. The van der Waals surface area contributed by atoms with Gasteiger partial charge >= 0.3 is 12.1 Å². The quantitative estimate of drug-likeness (QED) is 0.106. The number of nitrogens with two attached hydrogens (primary N) is 1. The summed E-state index contributed by atoms with van der Waals surface area (Å²) in [4.78, 5) is 30.2. The summed E-state index contributed by atoms with van der Waals surface area (Å²) in [6.45, 7) is 0.0420. The molecule has 47 heavy (non-hydrogen) atoms. The van der Waals surface area contributed by atoms with E-state index >= 15 is 0 Å². The zero-order valence-corrected chi connectivity index (χ0v) is 25.6. The van der Waals surface area contributed by atoms with Crippen molar-refractivity contribution in [2.75, 3.05) is 6.61 Å². The number of carbonyl (C=O) groups excluding carboxylic acids is 2. The number of hydrogen-bond acceptors (Lipinski definition) is 6. The number of rotatable bonds is 9. The minimum absolute atomic E-state index is 0.0420. The topological polar surface area (TPSA) is 96.4 Å². The number of imidazole rings is 1. The standard InChI is InChI=1S/C40H33N3O4/c41-37(38(44)47-39(45)46-26-36-34-22-12-10-20-32(34)33-21-11-13-23-35(33)36)24-31-25-43(27-42-31)40(28-14-4-1-5-15-28,29-16-6-2-7-17-29)30-18-8-3-9-19-30/h1-23,25,27,36-37H,24,26,41H2/t37-/m0/s1. The number of ether oxygens (including phenoxy) is 2. The highest BCUT2D eigenvalue weighted by Crippen LogP contribution is 2.44. The summed E-state index contributed by atoms with van der Waals surface area (Å²) in [7, 11) is 0. The van der Waals surface area contributed by atoms with Gasteiger partial charge in [0, 0.05) is 18.5 Å². The molecule has 0 spiro atoms. The summed E-state index contributed by atoms with van der Waals surface area (Å²) in [6.07, 6.45) is 2.64. The monoisotopic (exact) mass is 619 g/mol. The number of benzene rings is 5. The molecule has 7 rings (SSSR count). The van der Waals surface area contributed by atoms with Crippen LogP contribution in [0.1, 0.15) is 39.4 Å². The maximum Gasteiger partial charge on any atom is 0.516 e. The molecular formula is C40H33N3O4. The van der Waals surface area contributed by atoms with Crippen LogP contribution in [0.2, 0.25) is 0 Å². The molecule has 2 N–H and O–H groups in total. The first-order valence-electron chi connectivity index (χ1n) is 15.6. The molecule has 0 saturated heterocycles. The van der Waals surface area contributed by atoms with Gasteiger partial charge in [0.15, 0.2) is 0 Å². The van der Waals surface area contributed by atoms with Crippen LogP contribution < -0.4 is 5.73 Å². The Bertz CT molecular complexity index is 1870. The number of hydrogen-bond donors (Lipinski definition) is 1. The van der Waals surface area contributed by atoms with E-state index in [0.717, 1.165) is 38.9 Å². The second-order valence-corrected chi connectivity index (χ2v) is 11.6. The van der Waals surface area contributed by atoms with Gasteiger partial charge in [-0.3, -0.25) is 0 Å². The van der Waals surface area contributed by atoms with Gasteiger partial charge < -0.3 is 19.8 Å². The van der Waals surface area contributed by atoms with Crippen molar-refractivity contribution in [2.45, 2.75) is 23.9 Å². The van der Waals surface area contributed by atoms with Crippen LogP contribution in [0, 0.1) is 0 Å². The van der Waals surface area contributed by atoms with Crippen LogP contribution >= 0.6 is 0 Å². The number of nitrogens with zero attached hydrogens (tertiary/aromatic N) is 2. The Morgan fingerprint density at radius 3 is 1.68 bits per heavy atom. The van der Waals surface area contributed by atoms with Gasteiger partial charge in [-0.1, -0.05) is 140 Å². The average molecular weight is 620 g/mol. The fourth-order valence-corrected chi connectivity index (χ4v) is 6.72. The van der Waals surface area contributed by atoms with Crippen molar-refractivity contribution in [1.29, 1.82) is 0 Å². The Hall–Kier alpha value is -5.79. The first-order chi connectivity index (χ1) is 23.1. The van der Waals surface area contributed by atoms with Crippen molar-refractivity contribution < 1.29 is 19.1 Å². The lowest BCUT2D eigenvalue weighted by atomic mass is 9.77. The Morgan fingerprint density at radius 2 is 1.17 bits per heavy atom. The predicted molar refractivity (Wildman–Crippen MR) is 180 cm³/mol. The van der Waals surface area contributed by atoms with Crippen molar-refractivity contribution in [1.82, 2.24) is 9.55 Å². The highest BCUT2D eigenvalue weighted by molar-refractivity contribution is 5.85. The van der Waals surface area contributed by atoms with Gasteiger partial charge in [0.1, 0.15) is 18.2 Å². The summed E-state index contributed by atoms with van der Waals surface area (Å²) in [5.41, 5.74) is 13.6.